The predicted molar refractivity (Wildman–Crippen MR) is 160 cm³/mol. The fraction of sp³-hybridized carbons (Fsp3) is 0.323. The van der Waals surface area contributed by atoms with Crippen LogP contribution in [0.15, 0.2) is 85.5 Å². The highest BCUT2D eigenvalue weighted by atomic mass is 35.6. The molecule has 6 nitrogen and oxygen atoms in total. The smallest absolute Gasteiger partial charge is 0.272 e. The van der Waals surface area contributed by atoms with Gasteiger partial charge in [0.1, 0.15) is 0 Å². The van der Waals surface area contributed by atoms with Gasteiger partial charge in [-0.05, 0) is 34.9 Å². The average molecular weight is 604 g/mol. The molecule has 1 heterocycles. The van der Waals surface area contributed by atoms with E-state index in [0.717, 1.165) is 46.5 Å². The van der Waals surface area contributed by atoms with Crippen LogP contribution in [0, 0.1) is 0 Å². The lowest BCUT2D eigenvalue weighted by atomic mass is 9.97. The third-order valence-electron chi connectivity index (χ3n) is 6.78. The molecule has 212 valence electrons. The molecule has 40 heavy (non-hydrogen) atoms. The molecule has 0 saturated carbocycles. The van der Waals surface area contributed by atoms with Crippen molar-refractivity contribution in [3.05, 3.63) is 108 Å². The molecular weight excluding hydrogens is 571 g/mol. The second-order valence-electron chi connectivity index (χ2n) is 9.82. The van der Waals surface area contributed by atoms with E-state index in [-0.39, 0.29) is 25.4 Å². The zero-order chi connectivity index (χ0) is 28.7. The van der Waals surface area contributed by atoms with Crippen molar-refractivity contribution in [2.75, 3.05) is 20.1 Å². The van der Waals surface area contributed by atoms with E-state index in [4.69, 9.17) is 44.3 Å². The van der Waals surface area contributed by atoms with E-state index in [0.29, 0.717) is 6.42 Å². The maximum Gasteiger partial charge on any atom is 0.272 e. The zero-order valence-electron chi connectivity index (χ0n) is 22.2. The Morgan fingerprint density at radius 1 is 1.05 bits per heavy atom. The van der Waals surface area contributed by atoms with Crippen LogP contribution >= 0.6 is 34.8 Å². The largest absolute Gasteiger partial charge is 0.392 e. The second kappa shape index (κ2) is 14.0. The molecule has 1 aliphatic rings. The standard InChI is InChI=1S/C31H33Cl3N2O4/c1-3-16-36(2)19-26-17-28(23-10-8-21(20-37)9-11-23)40-29(39-26)24-14-12-22(13-15-24)27-7-5-4-6-25(27)18-35-30(38)31(32,33)34/h3-15,26,28-29,37H,1,16-20H2,2H3,(H,35,38)/t26-,28+,29+/m0/s1. The van der Waals surface area contributed by atoms with E-state index < -0.39 is 16.0 Å². The van der Waals surface area contributed by atoms with Gasteiger partial charge in [-0.2, -0.15) is 0 Å². The van der Waals surface area contributed by atoms with Crippen LogP contribution in [0.1, 0.15) is 41.1 Å². The normalized spacial score (nSPS) is 19.4. The van der Waals surface area contributed by atoms with E-state index in [1.165, 1.54) is 0 Å². The maximum absolute atomic E-state index is 12.0. The topological polar surface area (TPSA) is 71.0 Å². The van der Waals surface area contributed by atoms with Crippen LogP contribution in [0.25, 0.3) is 11.1 Å². The summed E-state index contributed by atoms with van der Waals surface area (Å²) in [6, 6.07) is 23.6. The number of carbonyl (C=O) groups excluding carboxylic acids is 1. The molecule has 3 aromatic rings. The van der Waals surface area contributed by atoms with Gasteiger partial charge in [-0.15, -0.1) is 6.58 Å². The molecule has 2 N–H and O–H groups in total. The number of halogens is 3. The van der Waals surface area contributed by atoms with Crippen LogP contribution in [0.3, 0.4) is 0 Å². The minimum atomic E-state index is -2.02. The number of amides is 1. The lowest BCUT2D eigenvalue weighted by Gasteiger charge is -2.37. The molecule has 9 heteroatoms. The molecule has 0 unspecified atom stereocenters. The molecule has 1 saturated heterocycles. The van der Waals surface area contributed by atoms with E-state index in [9.17, 15) is 9.90 Å². The van der Waals surface area contributed by atoms with Gasteiger partial charge in [-0.1, -0.05) is 114 Å². The summed E-state index contributed by atoms with van der Waals surface area (Å²) >= 11 is 17.1. The highest BCUT2D eigenvalue weighted by molar-refractivity contribution is 6.76. The Labute approximate surface area is 250 Å². The number of likely N-dealkylation sites (N-methyl/N-ethyl adjacent to an activating group) is 1. The van der Waals surface area contributed by atoms with Crippen LogP contribution in [-0.2, 0) is 27.4 Å². The fourth-order valence-electron chi connectivity index (χ4n) is 4.73. The lowest BCUT2D eigenvalue weighted by Crippen LogP contribution is -2.37. The van der Waals surface area contributed by atoms with Gasteiger partial charge in [0, 0.05) is 31.6 Å². The third-order valence-corrected chi connectivity index (χ3v) is 7.29. The summed E-state index contributed by atoms with van der Waals surface area (Å²) in [6.07, 6.45) is 1.83. The first-order valence-electron chi connectivity index (χ1n) is 13.0. The van der Waals surface area contributed by atoms with Gasteiger partial charge >= 0.3 is 0 Å². The summed E-state index contributed by atoms with van der Waals surface area (Å²) in [4.78, 5) is 14.2. The number of nitrogens with zero attached hydrogens (tertiary/aromatic N) is 1. The molecular formula is C31H33Cl3N2O4. The molecule has 4 rings (SSSR count). The van der Waals surface area contributed by atoms with E-state index >= 15 is 0 Å². The summed E-state index contributed by atoms with van der Waals surface area (Å²) < 4.78 is 10.9. The molecule has 1 fully saturated rings. The van der Waals surface area contributed by atoms with Crippen molar-refractivity contribution in [2.45, 2.75) is 41.9 Å². The molecule has 0 spiro atoms. The highest BCUT2D eigenvalue weighted by Gasteiger charge is 2.33. The van der Waals surface area contributed by atoms with Gasteiger partial charge in [0.15, 0.2) is 6.29 Å². The Morgan fingerprint density at radius 3 is 2.38 bits per heavy atom. The summed E-state index contributed by atoms with van der Waals surface area (Å²) in [5, 5.41) is 12.1. The number of benzene rings is 3. The number of hydrogen-bond acceptors (Lipinski definition) is 5. The highest BCUT2D eigenvalue weighted by Crippen LogP contribution is 2.39. The molecule has 3 atom stereocenters. The number of hydrogen-bond donors (Lipinski definition) is 2. The summed E-state index contributed by atoms with van der Waals surface area (Å²) in [7, 11) is 2.04. The predicted octanol–water partition coefficient (Wildman–Crippen LogP) is 6.50. The van der Waals surface area contributed by atoms with Crippen LogP contribution in [-0.4, -0.2) is 45.9 Å². The Hall–Kier alpha value is -2.42. The van der Waals surface area contributed by atoms with Crippen LogP contribution in [0.5, 0.6) is 0 Å². The molecule has 3 aromatic carbocycles. The van der Waals surface area contributed by atoms with Crippen molar-refractivity contribution in [3.63, 3.8) is 0 Å². The van der Waals surface area contributed by atoms with Crippen molar-refractivity contribution in [2.24, 2.45) is 0 Å². The van der Waals surface area contributed by atoms with E-state index in [2.05, 4.69) is 16.8 Å². The Balaban J connectivity index is 1.54. The lowest BCUT2D eigenvalue weighted by molar-refractivity contribution is -0.252. The van der Waals surface area contributed by atoms with Gasteiger partial charge < -0.3 is 24.8 Å². The zero-order valence-corrected chi connectivity index (χ0v) is 24.5. The van der Waals surface area contributed by atoms with Crippen LogP contribution in [0.4, 0.5) is 0 Å². The van der Waals surface area contributed by atoms with Gasteiger partial charge in [0.25, 0.3) is 9.70 Å². The van der Waals surface area contributed by atoms with Gasteiger partial charge in [0.2, 0.25) is 0 Å². The molecule has 0 radical (unpaired) electrons. The van der Waals surface area contributed by atoms with E-state index in [1.807, 2.05) is 85.9 Å². The Kier molecular flexibility index (Phi) is 10.7. The monoisotopic (exact) mass is 602 g/mol. The maximum atomic E-state index is 12.0. The van der Waals surface area contributed by atoms with Crippen molar-refractivity contribution in [3.8, 4) is 11.1 Å². The van der Waals surface area contributed by atoms with E-state index in [1.54, 1.807) is 0 Å². The van der Waals surface area contributed by atoms with Crippen molar-refractivity contribution >= 4 is 40.7 Å². The van der Waals surface area contributed by atoms with Crippen molar-refractivity contribution in [1.29, 1.82) is 0 Å². The number of rotatable bonds is 10. The number of carbonyl (C=O) groups is 1. The number of aliphatic hydroxyl groups is 1. The first-order valence-corrected chi connectivity index (χ1v) is 14.1. The van der Waals surface area contributed by atoms with Crippen molar-refractivity contribution < 1.29 is 19.4 Å². The Morgan fingerprint density at radius 2 is 1.73 bits per heavy atom. The third kappa shape index (κ3) is 8.08. The number of aliphatic hydroxyl groups excluding tert-OH is 1. The number of ether oxygens (including phenoxy) is 2. The molecule has 1 aliphatic heterocycles. The first kappa shape index (κ1) is 30.5. The molecule has 0 aliphatic carbocycles. The summed E-state index contributed by atoms with van der Waals surface area (Å²) in [6.45, 7) is 5.56. The molecule has 0 aromatic heterocycles. The number of alkyl halides is 3. The van der Waals surface area contributed by atoms with Gasteiger partial charge in [-0.25, -0.2) is 0 Å². The average Bonchev–Trinajstić information content (AvgIpc) is 2.95. The first-order chi connectivity index (χ1) is 19.2. The molecule has 0 bridgehead atoms. The second-order valence-corrected chi connectivity index (χ2v) is 12.1. The minimum Gasteiger partial charge on any atom is -0.392 e. The van der Waals surface area contributed by atoms with Crippen molar-refractivity contribution in [1.82, 2.24) is 10.2 Å². The van der Waals surface area contributed by atoms with Crippen LogP contribution in [0.2, 0.25) is 0 Å². The fourth-order valence-corrected chi connectivity index (χ4v) is 4.93. The number of nitrogens with one attached hydrogen (secondary N) is 1. The Bertz CT molecular complexity index is 1280. The molecule has 1 amide bonds. The van der Waals surface area contributed by atoms with Gasteiger partial charge in [-0.3, -0.25) is 4.79 Å². The SMILES string of the molecule is C=CCN(C)C[C@@H]1C[C@H](c2ccc(CO)cc2)O[C@H](c2ccc(-c3ccccc3CNC(=O)C(Cl)(Cl)Cl)cc2)O1. The minimum absolute atomic E-state index is 0.00126. The summed E-state index contributed by atoms with van der Waals surface area (Å²) in [5.41, 5.74) is 5.62. The summed E-state index contributed by atoms with van der Waals surface area (Å²) in [5.74, 6) is -0.678. The van der Waals surface area contributed by atoms with Crippen LogP contribution < -0.4 is 5.32 Å². The quantitative estimate of drug-likeness (QED) is 0.205. The van der Waals surface area contributed by atoms with Gasteiger partial charge in [0.05, 0.1) is 18.8 Å².